The second kappa shape index (κ2) is 9.60. The number of phenolic OH excluding ortho intramolecular Hbond substituents is 2. The lowest BCUT2D eigenvalue weighted by Gasteiger charge is -2.39. The zero-order valence-electron chi connectivity index (χ0n) is 18.6. The van der Waals surface area contributed by atoms with Gasteiger partial charge in [-0.2, -0.15) is 0 Å². The molecule has 1 saturated heterocycles. The Balaban J connectivity index is 1.74. The van der Waals surface area contributed by atoms with Gasteiger partial charge in [0.05, 0.1) is 20.8 Å². The molecule has 0 bridgehead atoms. The van der Waals surface area contributed by atoms with E-state index in [0.29, 0.717) is 5.56 Å². The number of benzene rings is 2. The normalized spacial score (nSPS) is 24.3. The lowest BCUT2D eigenvalue weighted by atomic mass is 9.99. The highest BCUT2D eigenvalue weighted by molar-refractivity contribution is 5.88. The molecule has 4 rings (SSSR count). The lowest BCUT2D eigenvalue weighted by molar-refractivity contribution is -0.277. The van der Waals surface area contributed by atoms with Crippen LogP contribution in [0.5, 0.6) is 28.7 Å². The largest absolute Gasteiger partial charge is 0.508 e. The number of rotatable bonds is 6. The summed E-state index contributed by atoms with van der Waals surface area (Å²) >= 11 is 0. The highest BCUT2D eigenvalue weighted by atomic mass is 16.7. The molecule has 188 valence electrons. The smallest absolute Gasteiger partial charge is 0.239 e. The van der Waals surface area contributed by atoms with Crippen LogP contribution < -0.4 is 19.6 Å². The molecule has 5 atom stereocenters. The molecule has 0 saturated carbocycles. The maximum atomic E-state index is 12.9. The van der Waals surface area contributed by atoms with Crippen molar-refractivity contribution in [2.45, 2.75) is 30.7 Å². The van der Waals surface area contributed by atoms with E-state index in [-0.39, 0.29) is 39.7 Å². The lowest BCUT2D eigenvalue weighted by Crippen LogP contribution is -2.60. The Morgan fingerprint density at radius 3 is 2.34 bits per heavy atom. The van der Waals surface area contributed by atoms with E-state index >= 15 is 0 Å². The molecule has 1 aliphatic rings. The van der Waals surface area contributed by atoms with E-state index in [2.05, 4.69) is 0 Å². The predicted octanol–water partition coefficient (Wildman–Crippen LogP) is 0.0671. The molecule has 0 radical (unpaired) electrons. The summed E-state index contributed by atoms with van der Waals surface area (Å²) in [7, 11) is 2.59. The molecule has 6 N–H and O–H groups in total. The van der Waals surface area contributed by atoms with Gasteiger partial charge in [-0.1, -0.05) is 0 Å². The van der Waals surface area contributed by atoms with Crippen molar-refractivity contribution in [1.29, 1.82) is 0 Å². The van der Waals surface area contributed by atoms with Gasteiger partial charge in [-0.15, -0.1) is 0 Å². The van der Waals surface area contributed by atoms with Gasteiger partial charge in [-0.25, -0.2) is 0 Å². The minimum absolute atomic E-state index is 0.0207. The Labute approximate surface area is 197 Å². The summed E-state index contributed by atoms with van der Waals surface area (Å²) in [5.41, 5.74) is -0.438. The number of aliphatic hydroxyl groups excluding tert-OH is 4. The Morgan fingerprint density at radius 2 is 1.69 bits per heavy atom. The quantitative estimate of drug-likeness (QED) is 0.272. The fourth-order valence-electron chi connectivity index (χ4n) is 3.84. The van der Waals surface area contributed by atoms with Crippen LogP contribution >= 0.6 is 0 Å². The fraction of sp³-hybridized carbons (Fsp3) is 0.348. The Kier molecular flexibility index (Phi) is 6.74. The van der Waals surface area contributed by atoms with Crippen molar-refractivity contribution < 1.29 is 54.0 Å². The summed E-state index contributed by atoms with van der Waals surface area (Å²) in [6.07, 6.45) is -7.39. The second-order valence-corrected chi connectivity index (χ2v) is 7.81. The van der Waals surface area contributed by atoms with Gasteiger partial charge >= 0.3 is 0 Å². The second-order valence-electron chi connectivity index (χ2n) is 7.81. The van der Waals surface area contributed by atoms with Crippen LogP contribution in [0.25, 0.3) is 22.3 Å². The summed E-state index contributed by atoms with van der Waals surface area (Å²) in [6.45, 7) is -0.618. The molecule has 1 aromatic heterocycles. The standard InChI is InChI=1S/C23H24O12/c1-31-13-5-9(3-4-12(13)34-23-20(30)19(29)17(27)15(8-24)35-23)21-22(32-2)18(28)16-11(26)6-10(25)7-14(16)33-21/h3-7,15,17,19-20,23-27,29-30H,8H2,1-2H3. The van der Waals surface area contributed by atoms with Crippen LogP contribution in [-0.4, -0.2) is 82.2 Å². The highest BCUT2D eigenvalue weighted by Gasteiger charge is 2.45. The molecule has 1 aliphatic heterocycles. The molecule has 12 heteroatoms. The monoisotopic (exact) mass is 492 g/mol. The third kappa shape index (κ3) is 4.33. The first-order chi connectivity index (χ1) is 16.7. The molecule has 2 aromatic carbocycles. The van der Waals surface area contributed by atoms with Crippen molar-refractivity contribution in [3.63, 3.8) is 0 Å². The maximum Gasteiger partial charge on any atom is 0.239 e. The van der Waals surface area contributed by atoms with E-state index in [1.54, 1.807) is 0 Å². The van der Waals surface area contributed by atoms with Crippen LogP contribution in [0.15, 0.2) is 39.5 Å². The first-order valence-electron chi connectivity index (χ1n) is 10.4. The highest BCUT2D eigenvalue weighted by Crippen LogP contribution is 2.39. The zero-order chi connectivity index (χ0) is 25.4. The average Bonchev–Trinajstić information content (AvgIpc) is 2.83. The number of phenols is 2. The number of hydrogen-bond donors (Lipinski definition) is 6. The fourth-order valence-corrected chi connectivity index (χ4v) is 3.84. The third-order valence-corrected chi connectivity index (χ3v) is 5.64. The maximum absolute atomic E-state index is 12.9. The summed E-state index contributed by atoms with van der Waals surface area (Å²) in [6, 6.07) is 6.52. The van der Waals surface area contributed by atoms with E-state index in [9.17, 15) is 35.4 Å². The number of aliphatic hydroxyl groups is 4. The molecule has 2 heterocycles. The molecule has 0 amide bonds. The summed E-state index contributed by atoms with van der Waals surface area (Å²) in [5, 5.41) is 59.2. The van der Waals surface area contributed by atoms with Crippen LogP contribution in [0.2, 0.25) is 0 Å². The Morgan fingerprint density at radius 1 is 0.943 bits per heavy atom. The minimum Gasteiger partial charge on any atom is -0.508 e. The molecule has 5 unspecified atom stereocenters. The van der Waals surface area contributed by atoms with E-state index in [4.69, 9.17) is 23.4 Å². The van der Waals surface area contributed by atoms with Crippen molar-refractivity contribution >= 4 is 11.0 Å². The molecule has 3 aromatic rings. The van der Waals surface area contributed by atoms with E-state index in [1.165, 1.54) is 38.5 Å². The van der Waals surface area contributed by atoms with Crippen LogP contribution in [0.3, 0.4) is 0 Å². The topological polar surface area (TPSA) is 189 Å². The molecular weight excluding hydrogens is 468 g/mol. The SMILES string of the molecule is COc1cc(-c2oc3cc(O)cc(O)c3c(=O)c2OC)ccc1OC1OC(CO)C(O)C(O)C1O. The molecular formula is C23H24O12. The summed E-state index contributed by atoms with van der Waals surface area (Å²) < 4.78 is 27.4. The minimum atomic E-state index is -1.63. The van der Waals surface area contributed by atoms with E-state index in [0.717, 1.165) is 6.07 Å². The number of ether oxygens (including phenoxy) is 4. The predicted molar refractivity (Wildman–Crippen MR) is 119 cm³/mol. The number of methoxy groups -OCH3 is 2. The van der Waals surface area contributed by atoms with Crippen LogP contribution in [0.1, 0.15) is 0 Å². The van der Waals surface area contributed by atoms with Crippen LogP contribution in [0, 0.1) is 0 Å². The summed E-state index contributed by atoms with van der Waals surface area (Å²) in [4.78, 5) is 12.9. The van der Waals surface area contributed by atoms with Gasteiger partial charge in [0.2, 0.25) is 17.5 Å². The van der Waals surface area contributed by atoms with Crippen molar-refractivity contribution in [3.05, 3.63) is 40.6 Å². The third-order valence-electron chi connectivity index (χ3n) is 5.64. The zero-order valence-corrected chi connectivity index (χ0v) is 18.6. The Hall–Kier alpha value is -3.55. The summed E-state index contributed by atoms with van der Waals surface area (Å²) in [5.74, 6) is -0.827. The van der Waals surface area contributed by atoms with Crippen LogP contribution in [-0.2, 0) is 4.74 Å². The van der Waals surface area contributed by atoms with Gasteiger partial charge in [0.15, 0.2) is 17.3 Å². The first-order valence-corrected chi connectivity index (χ1v) is 10.4. The number of hydrogen-bond acceptors (Lipinski definition) is 12. The Bertz CT molecular complexity index is 1280. The average molecular weight is 492 g/mol. The van der Waals surface area contributed by atoms with Crippen molar-refractivity contribution in [2.24, 2.45) is 0 Å². The van der Waals surface area contributed by atoms with Crippen molar-refractivity contribution in [3.8, 4) is 40.1 Å². The van der Waals surface area contributed by atoms with Gasteiger partial charge < -0.3 is 54.0 Å². The molecule has 35 heavy (non-hydrogen) atoms. The van der Waals surface area contributed by atoms with Crippen molar-refractivity contribution in [2.75, 3.05) is 20.8 Å². The number of aromatic hydroxyl groups is 2. The first kappa shape index (κ1) is 24.6. The van der Waals surface area contributed by atoms with E-state index in [1.807, 2.05) is 0 Å². The van der Waals surface area contributed by atoms with Crippen molar-refractivity contribution in [1.82, 2.24) is 0 Å². The molecule has 1 fully saturated rings. The van der Waals surface area contributed by atoms with E-state index < -0.39 is 48.5 Å². The molecule has 0 aliphatic carbocycles. The van der Waals surface area contributed by atoms with Gasteiger partial charge in [0.1, 0.15) is 46.9 Å². The van der Waals surface area contributed by atoms with Gasteiger partial charge in [-0.05, 0) is 18.2 Å². The molecule has 12 nitrogen and oxygen atoms in total. The van der Waals surface area contributed by atoms with Gasteiger partial charge in [-0.3, -0.25) is 4.79 Å². The van der Waals surface area contributed by atoms with Gasteiger partial charge in [0, 0.05) is 17.7 Å². The van der Waals surface area contributed by atoms with Gasteiger partial charge in [0.25, 0.3) is 0 Å². The number of fused-ring (bicyclic) bond motifs is 1. The van der Waals surface area contributed by atoms with Crippen LogP contribution in [0.4, 0.5) is 0 Å². The molecule has 0 spiro atoms.